The van der Waals surface area contributed by atoms with Gasteiger partial charge in [-0.05, 0) is 13.0 Å². The van der Waals surface area contributed by atoms with Crippen LogP contribution in [0.2, 0.25) is 0 Å². The maximum atomic E-state index is 11.1. The van der Waals surface area contributed by atoms with Crippen LogP contribution in [0.15, 0.2) is 30.9 Å². The molecule has 19 heavy (non-hydrogen) atoms. The highest BCUT2D eigenvalue weighted by atomic mass is 16.6. The van der Waals surface area contributed by atoms with E-state index in [1.807, 2.05) is 0 Å². The second-order valence-corrected chi connectivity index (χ2v) is 4.01. The van der Waals surface area contributed by atoms with Crippen molar-refractivity contribution in [1.82, 2.24) is 9.55 Å². The first-order valence-corrected chi connectivity index (χ1v) is 5.54. The standard InChI is InChI=1S/C12H12N4O3/c1-8-10(14-9(2)17)3-4-11(16(18)19)12(8)15-6-5-13-7-15/h3-7H,1-2H3,(H,14,17). The van der Waals surface area contributed by atoms with Gasteiger partial charge < -0.3 is 5.32 Å². The fraction of sp³-hybridized carbons (Fsp3) is 0.167. The molecule has 1 amide bonds. The van der Waals surface area contributed by atoms with Crippen molar-refractivity contribution in [1.29, 1.82) is 0 Å². The minimum Gasteiger partial charge on any atom is -0.326 e. The van der Waals surface area contributed by atoms with Gasteiger partial charge in [-0.2, -0.15) is 0 Å². The molecule has 2 rings (SSSR count). The fourth-order valence-electron chi connectivity index (χ4n) is 1.88. The van der Waals surface area contributed by atoms with Gasteiger partial charge >= 0.3 is 0 Å². The summed E-state index contributed by atoms with van der Waals surface area (Å²) in [5.41, 5.74) is 1.52. The minimum atomic E-state index is -0.458. The average Bonchev–Trinajstić information content (AvgIpc) is 2.83. The van der Waals surface area contributed by atoms with Gasteiger partial charge in [0.15, 0.2) is 0 Å². The number of imidazole rings is 1. The number of carbonyl (C=O) groups is 1. The van der Waals surface area contributed by atoms with E-state index in [0.29, 0.717) is 16.9 Å². The van der Waals surface area contributed by atoms with Gasteiger partial charge in [-0.15, -0.1) is 0 Å². The molecule has 0 fully saturated rings. The number of aromatic nitrogens is 2. The predicted molar refractivity (Wildman–Crippen MR) is 69.3 cm³/mol. The van der Waals surface area contributed by atoms with Gasteiger partial charge in [-0.25, -0.2) is 4.98 Å². The molecular weight excluding hydrogens is 248 g/mol. The first-order valence-electron chi connectivity index (χ1n) is 5.54. The lowest BCUT2D eigenvalue weighted by Gasteiger charge is -2.12. The quantitative estimate of drug-likeness (QED) is 0.675. The Labute approximate surface area is 109 Å². The van der Waals surface area contributed by atoms with Crippen LogP contribution in [-0.4, -0.2) is 20.4 Å². The van der Waals surface area contributed by atoms with Crippen LogP contribution in [0.1, 0.15) is 12.5 Å². The number of nitro groups is 1. The molecule has 7 heteroatoms. The number of hydrogen-bond donors (Lipinski definition) is 1. The normalized spacial score (nSPS) is 10.2. The number of rotatable bonds is 3. The molecule has 1 aromatic carbocycles. The van der Waals surface area contributed by atoms with E-state index in [2.05, 4.69) is 10.3 Å². The molecule has 0 atom stereocenters. The molecule has 1 N–H and O–H groups in total. The molecule has 0 radical (unpaired) electrons. The molecule has 98 valence electrons. The maximum Gasteiger partial charge on any atom is 0.293 e. The Morgan fingerprint density at radius 2 is 2.21 bits per heavy atom. The summed E-state index contributed by atoms with van der Waals surface area (Å²) in [6.07, 6.45) is 4.63. The molecule has 0 aliphatic heterocycles. The molecule has 0 saturated carbocycles. The van der Waals surface area contributed by atoms with Crippen molar-refractivity contribution in [3.05, 3.63) is 46.5 Å². The van der Waals surface area contributed by atoms with Crippen LogP contribution >= 0.6 is 0 Å². The smallest absolute Gasteiger partial charge is 0.293 e. The van der Waals surface area contributed by atoms with E-state index in [1.54, 1.807) is 17.7 Å². The summed E-state index contributed by atoms with van der Waals surface area (Å²) < 4.78 is 1.55. The Morgan fingerprint density at radius 1 is 1.47 bits per heavy atom. The van der Waals surface area contributed by atoms with Gasteiger partial charge in [-0.1, -0.05) is 0 Å². The van der Waals surface area contributed by atoms with Crippen LogP contribution in [0, 0.1) is 17.0 Å². The molecule has 0 bridgehead atoms. The van der Waals surface area contributed by atoms with Gasteiger partial charge in [0.1, 0.15) is 5.69 Å². The van der Waals surface area contributed by atoms with E-state index in [0.717, 1.165) is 0 Å². The Morgan fingerprint density at radius 3 is 2.74 bits per heavy atom. The Balaban J connectivity index is 2.65. The largest absolute Gasteiger partial charge is 0.326 e. The summed E-state index contributed by atoms with van der Waals surface area (Å²) in [4.78, 5) is 25.6. The van der Waals surface area contributed by atoms with Crippen molar-refractivity contribution in [3.8, 4) is 5.69 Å². The summed E-state index contributed by atoms with van der Waals surface area (Å²) in [5, 5.41) is 13.7. The Hall–Kier alpha value is -2.70. The maximum absolute atomic E-state index is 11.1. The van der Waals surface area contributed by atoms with E-state index < -0.39 is 4.92 Å². The van der Waals surface area contributed by atoms with E-state index in [9.17, 15) is 14.9 Å². The van der Waals surface area contributed by atoms with Gasteiger partial charge in [0.2, 0.25) is 5.91 Å². The third-order valence-electron chi connectivity index (χ3n) is 2.68. The first-order chi connectivity index (χ1) is 9.00. The van der Waals surface area contributed by atoms with E-state index in [4.69, 9.17) is 0 Å². The van der Waals surface area contributed by atoms with E-state index >= 15 is 0 Å². The zero-order valence-corrected chi connectivity index (χ0v) is 10.5. The monoisotopic (exact) mass is 260 g/mol. The summed E-state index contributed by atoms with van der Waals surface area (Å²) in [5.74, 6) is -0.228. The predicted octanol–water partition coefficient (Wildman–Crippen LogP) is 2.05. The van der Waals surface area contributed by atoms with Gasteiger partial charge in [0.25, 0.3) is 5.69 Å². The van der Waals surface area contributed by atoms with E-state index in [-0.39, 0.29) is 11.6 Å². The first kappa shape index (κ1) is 12.7. The summed E-state index contributed by atoms with van der Waals surface area (Å²) >= 11 is 0. The third kappa shape index (κ3) is 2.44. The zero-order chi connectivity index (χ0) is 14.0. The molecule has 0 unspecified atom stereocenters. The van der Waals surface area contributed by atoms with Crippen LogP contribution < -0.4 is 5.32 Å². The zero-order valence-electron chi connectivity index (χ0n) is 10.5. The second-order valence-electron chi connectivity index (χ2n) is 4.01. The molecule has 1 heterocycles. The van der Waals surface area contributed by atoms with Crippen LogP contribution in [0.5, 0.6) is 0 Å². The molecule has 2 aromatic rings. The minimum absolute atomic E-state index is 0.0374. The van der Waals surface area contributed by atoms with Crippen molar-refractivity contribution >= 4 is 17.3 Å². The number of nitrogens with zero attached hydrogens (tertiary/aromatic N) is 3. The average molecular weight is 260 g/mol. The lowest BCUT2D eigenvalue weighted by molar-refractivity contribution is -0.384. The van der Waals surface area contributed by atoms with Crippen LogP contribution in [-0.2, 0) is 4.79 Å². The van der Waals surface area contributed by atoms with Crippen molar-refractivity contribution in [2.24, 2.45) is 0 Å². The second kappa shape index (κ2) is 4.89. The molecular formula is C12H12N4O3. The number of hydrogen-bond acceptors (Lipinski definition) is 4. The topological polar surface area (TPSA) is 90.1 Å². The lowest BCUT2D eigenvalue weighted by atomic mass is 10.1. The van der Waals surface area contributed by atoms with Crippen LogP contribution in [0.3, 0.4) is 0 Å². The number of nitrogens with one attached hydrogen (secondary N) is 1. The summed E-state index contributed by atoms with van der Waals surface area (Å²) in [7, 11) is 0. The fourth-order valence-corrected chi connectivity index (χ4v) is 1.88. The lowest BCUT2D eigenvalue weighted by Crippen LogP contribution is -2.10. The number of carbonyl (C=O) groups excluding carboxylic acids is 1. The van der Waals surface area contributed by atoms with E-state index in [1.165, 1.54) is 31.6 Å². The highest BCUT2D eigenvalue weighted by Gasteiger charge is 2.20. The molecule has 0 spiro atoms. The highest BCUT2D eigenvalue weighted by Crippen LogP contribution is 2.31. The molecule has 0 aliphatic carbocycles. The van der Waals surface area contributed by atoms with Gasteiger partial charge in [-0.3, -0.25) is 19.5 Å². The number of anilines is 1. The van der Waals surface area contributed by atoms with Crippen molar-refractivity contribution < 1.29 is 9.72 Å². The molecule has 0 aliphatic rings. The highest BCUT2D eigenvalue weighted by molar-refractivity contribution is 5.90. The molecule has 7 nitrogen and oxygen atoms in total. The number of nitro benzene ring substituents is 1. The van der Waals surface area contributed by atoms with Gasteiger partial charge in [0, 0.05) is 36.6 Å². The van der Waals surface area contributed by atoms with Crippen LogP contribution in [0.4, 0.5) is 11.4 Å². The van der Waals surface area contributed by atoms with Crippen molar-refractivity contribution in [2.45, 2.75) is 13.8 Å². The van der Waals surface area contributed by atoms with Crippen LogP contribution in [0.25, 0.3) is 5.69 Å². The Bertz CT molecular complexity index is 635. The third-order valence-corrected chi connectivity index (χ3v) is 2.68. The summed E-state index contributed by atoms with van der Waals surface area (Å²) in [6.45, 7) is 3.10. The van der Waals surface area contributed by atoms with Crippen molar-refractivity contribution in [3.63, 3.8) is 0 Å². The number of amides is 1. The van der Waals surface area contributed by atoms with Gasteiger partial charge in [0.05, 0.1) is 11.3 Å². The SMILES string of the molecule is CC(=O)Nc1ccc([N+](=O)[O-])c(-n2ccnc2)c1C. The Kier molecular flexibility index (Phi) is 3.28. The molecule has 1 aromatic heterocycles. The number of benzene rings is 1. The van der Waals surface area contributed by atoms with Crippen molar-refractivity contribution in [2.75, 3.05) is 5.32 Å². The summed E-state index contributed by atoms with van der Waals surface area (Å²) in [6, 6.07) is 2.89. The molecule has 0 saturated heterocycles.